The van der Waals surface area contributed by atoms with Crippen molar-refractivity contribution >= 4 is 15.7 Å². The van der Waals surface area contributed by atoms with Gasteiger partial charge in [-0.1, -0.05) is 6.07 Å². The van der Waals surface area contributed by atoms with Crippen LogP contribution in [-0.2, 0) is 11.8 Å². The Morgan fingerprint density at radius 3 is 2.93 bits per heavy atom. The maximum Gasteiger partial charge on any atom is 0.122 e. The zero-order valence-electron chi connectivity index (χ0n) is 9.05. The fourth-order valence-electron chi connectivity index (χ4n) is 2.12. The van der Waals surface area contributed by atoms with Crippen LogP contribution in [0.4, 0.5) is 0 Å². The average Bonchev–Trinajstić information content (AvgIpc) is 2.16. The molecule has 1 heterocycles. The van der Waals surface area contributed by atoms with Crippen LogP contribution in [0.5, 0.6) is 5.75 Å². The van der Waals surface area contributed by atoms with Gasteiger partial charge in [-0.25, -0.2) is 0 Å². The lowest BCUT2D eigenvalue weighted by atomic mass is 9.56. The number of hydrogen-bond donors (Lipinski definition) is 1. The fraction of sp³-hybridized carbons (Fsp3) is 0.400. The van der Waals surface area contributed by atoms with Gasteiger partial charge in [-0.05, 0) is 41.6 Å². The smallest absolute Gasteiger partial charge is 0.122 e. The van der Waals surface area contributed by atoms with Gasteiger partial charge in [-0.2, -0.15) is 0 Å². The lowest BCUT2D eigenvalue weighted by molar-refractivity contribution is 0.413. The van der Waals surface area contributed by atoms with Gasteiger partial charge < -0.3 is 10.1 Å². The molecule has 72 valence electrons. The van der Waals surface area contributed by atoms with E-state index in [1.165, 1.54) is 11.1 Å². The first-order valence-corrected chi connectivity index (χ1v) is 5.06. The Balaban J connectivity index is 2.46. The van der Waals surface area contributed by atoms with Crippen molar-refractivity contribution in [2.45, 2.75) is 11.8 Å². The van der Waals surface area contributed by atoms with Crippen molar-refractivity contribution in [2.24, 2.45) is 0 Å². The minimum atomic E-state index is 0.0971. The standard InChI is InChI=1S/C10H15B2NO/c1-14-8-2-3-9-7(6-8)4-5-13-10(9,11)12/h2-3,6,13H,4-5,11-12H2,1H3. The summed E-state index contributed by atoms with van der Waals surface area (Å²) in [6.07, 6.45) is 1.09. The molecular weight excluding hydrogens is 172 g/mol. The van der Waals surface area contributed by atoms with Crippen LogP contribution in [0.3, 0.4) is 0 Å². The number of rotatable bonds is 1. The summed E-state index contributed by atoms with van der Waals surface area (Å²) in [7, 11) is 6.16. The minimum Gasteiger partial charge on any atom is -0.497 e. The van der Waals surface area contributed by atoms with E-state index in [0.29, 0.717) is 0 Å². The van der Waals surface area contributed by atoms with Gasteiger partial charge >= 0.3 is 0 Å². The molecular formula is C10H15B2NO. The summed E-state index contributed by atoms with van der Waals surface area (Å²) in [5.41, 5.74) is 2.80. The van der Waals surface area contributed by atoms with Gasteiger partial charge in [0.05, 0.1) is 7.11 Å². The molecule has 0 aromatic heterocycles. The van der Waals surface area contributed by atoms with E-state index in [4.69, 9.17) is 4.74 Å². The Hall–Kier alpha value is -0.890. The zero-order valence-corrected chi connectivity index (χ0v) is 9.05. The van der Waals surface area contributed by atoms with Crippen LogP contribution >= 0.6 is 0 Å². The molecule has 14 heavy (non-hydrogen) atoms. The van der Waals surface area contributed by atoms with Crippen LogP contribution < -0.4 is 10.1 Å². The molecule has 1 N–H and O–H groups in total. The first kappa shape index (κ1) is 9.66. The van der Waals surface area contributed by atoms with Crippen molar-refractivity contribution in [1.29, 1.82) is 0 Å². The molecule has 2 rings (SSSR count). The monoisotopic (exact) mass is 187 g/mol. The second-order valence-corrected chi connectivity index (χ2v) is 4.32. The summed E-state index contributed by atoms with van der Waals surface area (Å²) in [6, 6.07) is 6.35. The highest BCUT2D eigenvalue weighted by Gasteiger charge is 2.26. The number of hydrogen-bond acceptors (Lipinski definition) is 2. The summed E-state index contributed by atoms with van der Waals surface area (Å²) in [5, 5.41) is 3.61. The van der Waals surface area contributed by atoms with Crippen LogP contribution in [0.25, 0.3) is 0 Å². The molecule has 4 heteroatoms. The largest absolute Gasteiger partial charge is 0.497 e. The molecule has 0 saturated heterocycles. The molecule has 0 unspecified atom stereocenters. The summed E-state index contributed by atoms with van der Waals surface area (Å²) < 4.78 is 5.23. The van der Waals surface area contributed by atoms with Gasteiger partial charge in [-0.15, -0.1) is 0 Å². The maximum absolute atomic E-state index is 5.23. The van der Waals surface area contributed by atoms with Crippen LogP contribution in [-0.4, -0.2) is 29.3 Å². The quantitative estimate of drug-likeness (QED) is 0.582. The van der Waals surface area contributed by atoms with Gasteiger partial charge in [0.25, 0.3) is 0 Å². The first-order valence-electron chi connectivity index (χ1n) is 5.06. The molecule has 0 radical (unpaired) electrons. The van der Waals surface area contributed by atoms with E-state index in [1.54, 1.807) is 7.11 Å². The van der Waals surface area contributed by atoms with E-state index in [-0.39, 0.29) is 5.34 Å². The highest BCUT2D eigenvalue weighted by Crippen LogP contribution is 2.27. The number of benzene rings is 1. The molecule has 2 nitrogen and oxygen atoms in total. The number of nitrogens with one attached hydrogen (secondary N) is 1. The van der Waals surface area contributed by atoms with Crippen molar-refractivity contribution in [3.05, 3.63) is 29.3 Å². The number of methoxy groups -OCH3 is 1. The van der Waals surface area contributed by atoms with Gasteiger partial charge in [0, 0.05) is 0 Å². The molecule has 0 saturated carbocycles. The molecule has 1 aliphatic rings. The fourth-order valence-corrected chi connectivity index (χ4v) is 2.12. The molecule has 1 aromatic rings. The Morgan fingerprint density at radius 1 is 1.43 bits per heavy atom. The van der Waals surface area contributed by atoms with Crippen LogP contribution in [0, 0.1) is 0 Å². The van der Waals surface area contributed by atoms with Crippen LogP contribution in [0.15, 0.2) is 18.2 Å². The van der Waals surface area contributed by atoms with Gasteiger partial charge in [0.15, 0.2) is 0 Å². The SMILES string of the molecule is BC1(B)NCCc2cc(OC)ccc21. The molecule has 0 bridgehead atoms. The summed E-state index contributed by atoms with van der Waals surface area (Å²) in [5.74, 6) is 0.960. The van der Waals surface area contributed by atoms with E-state index < -0.39 is 0 Å². The van der Waals surface area contributed by atoms with Crippen molar-refractivity contribution in [2.75, 3.05) is 13.7 Å². The van der Waals surface area contributed by atoms with Crippen molar-refractivity contribution < 1.29 is 4.74 Å². The molecule has 0 fully saturated rings. The maximum atomic E-state index is 5.23. The molecule has 0 atom stereocenters. The number of ether oxygens (including phenoxy) is 1. The second-order valence-electron chi connectivity index (χ2n) is 4.32. The van der Waals surface area contributed by atoms with Gasteiger partial charge in [0.2, 0.25) is 0 Å². The number of fused-ring (bicyclic) bond motifs is 1. The Morgan fingerprint density at radius 2 is 2.21 bits per heavy atom. The van der Waals surface area contributed by atoms with E-state index in [2.05, 4.69) is 33.1 Å². The Labute approximate surface area is 86.9 Å². The van der Waals surface area contributed by atoms with Gasteiger partial charge in [-0.3, -0.25) is 0 Å². The minimum absolute atomic E-state index is 0.0971. The van der Waals surface area contributed by atoms with Crippen molar-refractivity contribution in [1.82, 2.24) is 5.32 Å². The third-order valence-corrected chi connectivity index (χ3v) is 2.95. The molecule has 0 amide bonds. The second kappa shape index (κ2) is 3.35. The van der Waals surface area contributed by atoms with Crippen molar-refractivity contribution in [3.8, 4) is 5.75 Å². The predicted octanol–water partition coefficient (Wildman–Crippen LogP) is -0.783. The molecule has 1 aliphatic heterocycles. The van der Waals surface area contributed by atoms with E-state index >= 15 is 0 Å². The van der Waals surface area contributed by atoms with E-state index in [9.17, 15) is 0 Å². The Kier molecular flexibility index (Phi) is 2.31. The predicted molar refractivity (Wildman–Crippen MR) is 63.5 cm³/mol. The van der Waals surface area contributed by atoms with Gasteiger partial charge in [0.1, 0.15) is 21.4 Å². The molecule has 0 spiro atoms. The van der Waals surface area contributed by atoms with E-state index in [0.717, 1.165) is 18.7 Å². The highest BCUT2D eigenvalue weighted by molar-refractivity contribution is 6.40. The first-order chi connectivity index (χ1) is 6.63. The normalized spacial score (nSPS) is 18.6. The third kappa shape index (κ3) is 1.55. The lowest BCUT2D eigenvalue weighted by Crippen LogP contribution is -2.48. The zero-order chi connectivity index (χ0) is 10.2. The molecule has 0 aliphatic carbocycles. The Bertz CT molecular complexity index is 352. The summed E-state index contributed by atoms with van der Waals surface area (Å²) in [6.45, 7) is 1.05. The average molecular weight is 187 g/mol. The van der Waals surface area contributed by atoms with Crippen LogP contribution in [0.1, 0.15) is 11.1 Å². The van der Waals surface area contributed by atoms with E-state index in [1.807, 2.05) is 6.07 Å². The molecule has 1 aromatic carbocycles. The third-order valence-electron chi connectivity index (χ3n) is 2.95. The topological polar surface area (TPSA) is 21.3 Å². The van der Waals surface area contributed by atoms with Crippen molar-refractivity contribution in [3.63, 3.8) is 0 Å². The summed E-state index contributed by atoms with van der Waals surface area (Å²) >= 11 is 0. The lowest BCUT2D eigenvalue weighted by Gasteiger charge is -2.34. The highest BCUT2D eigenvalue weighted by atomic mass is 16.5. The summed E-state index contributed by atoms with van der Waals surface area (Å²) in [4.78, 5) is 0. The van der Waals surface area contributed by atoms with Crippen LogP contribution in [0.2, 0.25) is 0 Å².